The lowest BCUT2D eigenvalue weighted by Gasteiger charge is -2.27. The molecule has 2 aromatic rings. The first-order chi connectivity index (χ1) is 16.6. The van der Waals surface area contributed by atoms with Gasteiger partial charge in [-0.3, -0.25) is 9.59 Å². The Morgan fingerprint density at radius 2 is 1.74 bits per heavy atom. The Hall–Kier alpha value is -3.72. The molecule has 0 unspecified atom stereocenters. The number of hydrogen-bond acceptors (Lipinski definition) is 4. The summed E-state index contributed by atoms with van der Waals surface area (Å²) in [6, 6.07) is 12.1. The summed E-state index contributed by atoms with van der Waals surface area (Å²) in [5.74, 6) is -1.98. The number of amides is 4. The summed E-state index contributed by atoms with van der Waals surface area (Å²) in [4.78, 5) is 40.1. The molecule has 35 heavy (non-hydrogen) atoms. The lowest BCUT2D eigenvalue weighted by molar-refractivity contribution is -0.146. The van der Waals surface area contributed by atoms with Crippen LogP contribution in [0, 0.1) is 5.82 Å². The highest BCUT2D eigenvalue weighted by atomic mass is 19.1. The first-order valence-electron chi connectivity index (χ1n) is 11.5. The third-order valence-electron chi connectivity index (χ3n) is 6.08. The van der Waals surface area contributed by atoms with Gasteiger partial charge in [-0.2, -0.15) is 0 Å². The van der Waals surface area contributed by atoms with Gasteiger partial charge in [0.2, 0.25) is 0 Å². The zero-order valence-electron chi connectivity index (χ0n) is 19.8. The van der Waals surface area contributed by atoms with Crippen molar-refractivity contribution >= 4 is 29.1 Å². The smallest absolute Gasteiger partial charge is 0.322 e. The van der Waals surface area contributed by atoms with Gasteiger partial charge in [-0.15, -0.1) is 0 Å². The Kier molecular flexibility index (Phi) is 6.88. The molecule has 0 aromatic heterocycles. The van der Waals surface area contributed by atoms with E-state index in [1.807, 2.05) is 24.3 Å². The summed E-state index contributed by atoms with van der Waals surface area (Å²) in [5.41, 5.74) is 2.69. The van der Waals surface area contributed by atoms with Gasteiger partial charge in [-0.1, -0.05) is 36.4 Å². The Bertz CT molecular complexity index is 1160. The van der Waals surface area contributed by atoms with Crippen LogP contribution in [-0.2, 0) is 22.7 Å². The van der Waals surface area contributed by atoms with Crippen LogP contribution in [0.5, 0.6) is 0 Å². The van der Waals surface area contributed by atoms with E-state index < -0.39 is 23.2 Å². The normalized spacial score (nSPS) is 15.4. The standard InChI is InChI=1S/C26H29FN4O4/c1-26(2,35)16-28-23(32)24(33)30-11-9-17(10-12-30)18-7-8-22(21(27)13-18)29-25(34)31-14-19-5-3-4-6-20(19)15-31/h3-9,13,35H,10-12,14-16H2,1-2H3,(H,28,32)(H,29,34). The van der Waals surface area contributed by atoms with Gasteiger partial charge in [0, 0.05) is 32.7 Å². The zero-order valence-corrected chi connectivity index (χ0v) is 19.8. The molecule has 2 aliphatic heterocycles. The highest BCUT2D eigenvalue weighted by Gasteiger charge is 2.26. The van der Waals surface area contributed by atoms with Crippen LogP contribution in [0.25, 0.3) is 5.57 Å². The van der Waals surface area contributed by atoms with E-state index in [-0.39, 0.29) is 24.8 Å². The molecular formula is C26H29FN4O4. The van der Waals surface area contributed by atoms with E-state index in [4.69, 9.17) is 0 Å². The number of aliphatic hydroxyl groups is 1. The molecule has 2 aliphatic rings. The molecular weight excluding hydrogens is 451 g/mol. The van der Waals surface area contributed by atoms with Crippen molar-refractivity contribution in [1.29, 1.82) is 0 Å². The summed E-state index contributed by atoms with van der Waals surface area (Å²) < 4.78 is 14.8. The molecule has 184 valence electrons. The van der Waals surface area contributed by atoms with Gasteiger partial charge >= 0.3 is 17.8 Å². The van der Waals surface area contributed by atoms with Crippen molar-refractivity contribution in [2.45, 2.75) is 39.0 Å². The molecule has 4 amide bonds. The summed E-state index contributed by atoms with van der Waals surface area (Å²) in [5, 5.41) is 14.8. The average molecular weight is 481 g/mol. The number of nitrogens with one attached hydrogen (secondary N) is 2. The summed E-state index contributed by atoms with van der Waals surface area (Å²) in [6.07, 6.45) is 2.25. The van der Waals surface area contributed by atoms with Crippen molar-refractivity contribution in [3.8, 4) is 0 Å². The van der Waals surface area contributed by atoms with Crippen LogP contribution in [0.2, 0.25) is 0 Å². The molecule has 0 radical (unpaired) electrons. The molecule has 0 atom stereocenters. The molecule has 3 N–H and O–H groups in total. The third kappa shape index (κ3) is 5.86. The molecule has 0 aliphatic carbocycles. The van der Waals surface area contributed by atoms with E-state index in [0.717, 1.165) is 16.7 Å². The number of fused-ring (bicyclic) bond motifs is 1. The maximum atomic E-state index is 14.8. The van der Waals surface area contributed by atoms with Gasteiger partial charge in [0.15, 0.2) is 0 Å². The van der Waals surface area contributed by atoms with Crippen LogP contribution in [0.4, 0.5) is 14.9 Å². The van der Waals surface area contributed by atoms with Gasteiger partial charge in [-0.25, -0.2) is 9.18 Å². The van der Waals surface area contributed by atoms with Crippen LogP contribution in [0.1, 0.15) is 37.0 Å². The topological polar surface area (TPSA) is 102 Å². The minimum absolute atomic E-state index is 0.0284. The molecule has 9 heteroatoms. The number of carbonyl (C=O) groups excluding carboxylic acids is 3. The number of halogens is 1. The maximum Gasteiger partial charge on any atom is 0.322 e. The summed E-state index contributed by atoms with van der Waals surface area (Å²) in [6.45, 7) is 4.55. The molecule has 2 aromatic carbocycles. The Labute approximate surface area is 203 Å². The van der Waals surface area contributed by atoms with Gasteiger partial charge in [0.1, 0.15) is 5.82 Å². The van der Waals surface area contributed by atoms with Crippen LogP contribution >= 0.6 is 0 Å². The maximum absolute atomic E-state index is 14.8. The van der Waals surface area contributed by atoms with Crippen LogP contribution in [-0.4, -0.2) is 58.0 Å². The minimum atomic E-state index is -1.11. The molecule has 0 fully saturated rings. The van der Waals surface area contributed by atoms with Crippen molar-refractivity contribution < 1.29 is 23.9 Å². The number of anilines is 1. The molecule has 0 bridgehead atoms. The molecule has 8 nitrogen and oxygen atoms in total. The highest BCUT2D eigenvalue weighted by Crippen LogP contribution is 2.27. The quantitative estimate of drug-likeness (QED) is 0.586. The SMILES string of the molecule is CC(C)(O)CNC(=O)C(=O)N1CC=C(c2ccc(NC(=O)N3Cc4ccccc4C3)c(F)c2)CC1. The summed E-state index contributed by atoms with van der Waals surface area (Å²) >= 11 is 0. The average Bonchev–Trinajstić information content (AvgIpc) is 3.27. The van der Waals surface area contributed by atoms with E-state index in [0.29, 0.717) is 31.6 Å². The van der Waals surface area contributed by atoms with E-state index in [2.05, 4.69) is 10.6 Å². The number of rotatable bonds is 4. The van der Waals surface area contributed by atoms with Gasteiger partial charge in [-0.05, 0) is 54.7 Å². The largest absolute Gasteiger partial charge is 0.389 e. The Morgan fingerprint density at radius 1 is 1.06 bits per heavy atom. The first kappa shape index (κ1) is 24.4. The van der Waals surface area contributed by atoms with Crippen molar-refractivity contribution in [1.82, 2.24) is 15.1 Å². The molecule has 0 saturated carbocycles. The second-order valence-corrected chi connectivity index (χ2v) is 9.48. The fourth-order valence-electron chi connectivity index (χ4n) is 4.12. The summed E-state index contributed by atoms with van der Waals surface area (Å²) in [7, 11) is 0. The number of hydrogen-bond donors (Lipinski definition) is 3. The molecule has 4 rings (SSSR count). The first-order valence-corrected chi connectivity index (χ1v) is 11.5. The second-order valence-electron chi connectivity index (χ2n) is 9.48. The van der Waals surface area contributed by atoms with Crippen molar-refractivity contribution in [2.24, 2.45) is 0 Å². The Morgan fingerprint density at radius 3 is 2.31 bits per heavy atom. The predicted molar refractivity (Wildman–Crippen MR) is 130 cm³/mol. The fourth-order valence-corrected chi connectivity index (χ4v) is 4.12. The van der Waals surface area contributed by atoms with Crippen molar-refractivity contribution in [3.63, 3.8) is 0 Å². The Balaban J connectivity index is 1.34. The highest BCUT2D eigenvalue weighted by molar-refractivity contribution is 6.35. The van der Waals surface area contributed by atoms with Crippen LogP contribution in [0.3, 0.4) is 0 Å². The predicted octanol–water partition coefficient (Wildman–Crippen LogP) is 2.88. The van der Waals surface area contributed by atoms with E-state index in [1.54, 1.807) is 17.0 Å². The van der Waals surface area contributed by atoms with E-state index in [9.17, 15) is 23.9 Å². The zero-order chi connectivity index (χ0) is 25.2. The number of urea groups is 1. The van der Waals surface area contributed by atoms with Gasteiger partial charge in [0.05, 0.1) is 11.3 Å². The van der Waals surface area contributed by atoms with Crippen molar-refractivity contribution in [2.75, 3.05) is 25.0 Å². The van der Waals surface area contributed by atoms with Crippen molar-refractivity contribution in [3.05, 3.63) is 71.0 Å². The third-order valence-corrected chi connectivity index (χ3v) is 6.08. The van der Waals surface area contributed by atoms with Gasteiger partial charge < -0.3 is 25.5 Å². The number of benzene rings is 2. The number of nitrogens with zero attached hydrogens (tertiary/aromatic N) is 2. The monoisotopic (exact) mass is 480 g/mol. The molecule has 0 spiro atoms. The number of carbonyl (C=O) groups is 3. The second kappa shape index (κ2) is 9.87. The lowest BCUT2D eigenvalue weighted by atomic mass is 9.99. The van der Waals surface area contributed by atoms with E-state index in [1.165, 1.54) is 30.9 Å². The fraction of sp³-hybridized carbons (Fsp3) is 0.346. The lowest BCUT2D eigenvalue weighted by Crippen LogP contribution is -2.48. The van der Waals surface area contributed by atoms with Crippen LogP contribution in [0.15, 0.2) is 48.5 Å². The van der Waals surface area contributed by atoms with Crippen LogP contribution < -0.4 is 10.6 Å². The molecule has 0 saturated heterocycles. The van der Waals surface area contributed by atoms with Gasteiger partial charge in [0.25, 0.3) is 0 Å². The molecule has 2 heterocycles. The van der Waals surface area contributed by atoms with E-state index >= 15 is 0 Å². The minimum Gasteiger partial charge on any atom is -0.389 e.